The number of carboxylic acid groups (broad SMARTS) is 1. The molecule has 1 rings (SSSR count). The van der Waals surface area contributed by atoms with E-state index < -0.39 is 18.5 Å². The molecule has 2 atom stereocenters. The first-order chi connectivity index (χ1) is 7.00. The van der Waals surface area contributed by atoms with Crippen LogP contribution in [0.4, 0.5) is 0 Å². The topological polar surface area (TPSA) is 104 Å². The fourth-order valence-electron chi connectivity index (χ4n) is 2.34. The summed E-state index contributed by atoms with van der Waals surface area (Å²) in [5.41, 5.74) is 4.74. The molecule has 1 aliphatic carbocycles. The molecule has 0 spiro atoms. The van der Waals surface area contributed by atoms with Crippen molar-refractivity contribution in [2.75, 3.05) is 6.54 Å². The van der Waals surface area contributed by atoms with Crippen LogP contribution in [0.25, 0.3) is 0 Å². The standard InChI is InChI=1S/C9H18BNO4/c11-6-9(8(12)13)3-1-7(5-9)2-4-10(14)15/h7,14-15H,1-6,11H2,(H,12,13). The van der Waals surface area contributed by atoms with Gasteiger partial charge >= 0.3 is 13.1 Å². The van der Waals surface area contributed by atoms with Gasteiger partial charge < -0.3 is 20.9 Å². The Labute approximate surface area is 89.4 Å². The minimum Gasteiger partial charge on any atom is -0.481 e. The molecule has 86 valence electrons. The van der Waals surface area contributed by atoms with Crippen LogP contribution < -0.4 is 5.73 Å². The van der Waals surface area contributed by atoms with Gasteiger partial charge in [-0.05, 0) is 31.5 Å². The second-order valence-corrected chi connectivity index (χ2v) is 4.46. The summed E-state index contributed by atoms with van der Waals surface area (Å²) in [5, 5.41) is 26.5. The molecule has 1 fully saturated rings. The van der Waals surface area contributed by atoms with Gasteiger partial charge in [0.2, 0.25) is 0 Å². The number of nitrogens with two attached hydrogens (primary N) is 1. The van der Waals surface area contributed by atoms with Crippen LogP contribution in [0, 0.1) is 11.3 Å². The van der Waals surface area contributed by atoms with Gasteiger partial charge in [0.05, 0.1) is 5.41 Å². The maximum absolute atomic E-state index is 11.1. The largest absolute Gasteiger partial charge is 0.481 e. The molecule has 2 unspecified atom stereocenters. The van der Waals surface area contributed by atoms with Crippen LogP contribution >= 0.6 is 0 Å². The summed E-state index contributed by atoms with van der Waals surface area (Å²) in [6.45, 7) is 0.167. The Morgan fingerprint density at radius 1 is 1.53 bits per heavy atom. The van der Waals surface area contributed by atoms with Crippen LogP contribution in [-0.2, 0) is 4.79 Å². The summed E-state index contributed by atoms with van der Waals surface area (Å²) < 4.78 is 0. The molecular weight excluding hydrogens is 197 g/mol. The normalized spacial score (nSPS) is 30.5. The minimum absolute atomic E-state index is 0.167. The third-order valence-electron chi connectivity index (χ3n) is 3.39. The second-order valence-electron chi connectivity index (χ2n) is 4.46. The SMILES string of the molecule is NCC1(C(=O)O)CCC(CCB(O)O)C1. The highest BCUT2D eigenvalue weighted by molar-refractivity contribution is 6.40. The van der Waals surface area contributed by atoms with Gasteiger partial charge in [0.1, 0.15) is 0 Å². The molecule has 0 heterocycles. The molecule has 5 N–H and O–H groups in total. The van der Waals surface area contributed by atoms with Gasteiger partial charge in [0.15, 0.2) is 0 Å². The predicted molar refractivity (Wildman–Crippen MR) is 56.1 cm³/mol. The average Bonchev–Trinajstić information content (AvgIpc) is 2.59. The van der Waals surface area contributed by atoms with Crippen molar-refractivity contribution in [3.05, 3.63) is 0 Å². The summed E-state index contributed by atoms with van der Waals surface area (Å²) in [6, 6.07) is 0. The van der Waals surface area contributed by atoms with E-state index in [4.69, 9.17) is 20.9 Å². The zero-order chi connectivity index (χ0) is 11.5. The molecule has 15 heavy (non-hydrogen) atoms. The van der Waals surface area contributed by atoms with Crippen molar-refractivity contribution < 1.29 is 19.9 Å². The molecule has 0 amide bonds. The van der Waals surface area contributed by atoms with Crippen molar-refractivity contribution in [2.45, 2.75) is 32.0 Å². The van der Waals surface area contributed by atoms with Gasteiger partial charge in [-0.2, -0.15) is 0 Å². The van der Waals surface area contributed by atoms with E-state index in [1.165, 1.54) is 0 Å². The van der Waals surface area contributed by atoms with Gasteiger partial charge in [-0.15, -0.1) is 0 Å². The Kier molecular flexibility index (Phi) is 4.13. The highest BCUT2D eigenvalue weighted by Gasteiger charge is 2.44. The molecule has 0 aromatic carbocycles. The summed E-state index contributed by atoms with van der Waals surface area (Å²) in [6.07, 6.45) is 2.95. The van der Waals surface area contributed by atoms with Crippen LogP contribution in [0.3, 0.4) is 0 Å². The number of carboxylic acids is 1. The molecule has 6 heteroatoms. The zero-order valence-corrected chi connectivity index (χ0v) is 8.72. The van der Waals surface area contributed by atoms with E-state index in [1.54, 1.807) is 0 Å². The maximum Gasteiger partial charge on any atom is 0.451 e. The molecule has 0 radical (unpaired) electrons. The van der Waals surface area contributed by atoms with Gasteiger partial charge in [-0.25, -0.2) is 0 Å². The number of hydrogen-bond donors (Lipinski definition) is 4. The molecular formula is C9H18BNO4. The summed E-state index contributed by atoms with van der Waals surface area (Å²) in [5.74, 6) is -0.566. The van der Waals surface area contributed by atoms with Gasteiger partial charge in [0, 0.05) is 6.54 Å². The fourth-order valence-corrected chi connectivity index (χ4v) is 2.34. The average molecular weight is 215 g/mol. The van der Waals surface area contributed by atoms with E-state index in [2.05, 4.69) is 0 Å². The van der Waals surface area contributed by atoms with Crippen molar-refractivity contribution in [3.63, 3.8) is 0 Å². The smallest absolute Gasteiger partial charge is 0.451 e. The molecule has 1 saturated carbocycles. The minimum atomic E-state index is -1.29. The predicted octanol–water partition coefficient (Wildman–Crippen LogP) is -0.321. The molecule has 0 aromatic rings. The van der Waals surface area contributed by atoms with Crippen LogP contribution in [0.1, 0.15) is 25.7 Å². The Morgan fingerprint density at radius 2 is 2.20 bits per heavy atom. The molecule has 0 aliphatic heterocycles. The van der Waals surface area contributed by atoms with Crippen molar-refractivity contribution in [1.29, 1.82) is 0 Å². The maximum atomic E-state index is 11.1. The lowest BCUT2D eigenvalue weighted by Gasteiger charge is -2.21. The molecule has 0 aromatic heterocycles. The summed E-state index contributed by atoms with van der Waals surface area (Å²) in [7, 11) is -1.29. The van der Waals surface area contributed by atoms with Crippen LogP contribution in [0.15, 0.2) is 0 Å². The number of hydrogen-bond acceptors (Lipinski definition) is 4. The van der Waals surface area contributed by atoms with E-state index in [9.17, 15) is 4.79 Å². The van der Waals surface area contributed by atoms with Gasteiger partial charge in [0.25, 0.3) is 0 Å². The lowest BCUT2D eigenvalue weighted by Crippen LogP contribution is -2.36. The van der Waals surface area contributed by atoms with Crippen LogP contribution in [0.2, 0.25) is 6.32 Å². The second kappa shape index (κ2) is 4.96. The van der Waals surface area contributed by atoms with Crippen LogP contribution in [-0.4, -0.2) is 34.8 Å². The Hall–Kier alpha value is -0.585. The number of rotatable bonds is 5. The van der Waals surface area contributed by atoms with Crippen LogP contribution in [0.5, 0.6) is 0 Å². The number of aliphatic carboxylic acids is 1. The summed E-state index contributed by atoms with van der Waals surface area (Å²) >= 11 is 0. The monoisotopic (exact) mass is 215 g/mol. The fraction of sp³-hybridized carbons (Fsp3) is 0.889. The highest BCUT2D eigenvalue weighted by atomic mass is 16.4. The van der Waals surface area contributed by atoms with E-state index in [0.717, 1.165) is 6.42 Å². The Balaban J connectivity index is 2.46. The third-order valence-corrected chi connectivity index (χ3v) is 3.39. The third kappa shape index (κ3) is 2.93. The van der Waals surface area contributed by atoms with E-state index in [-0.39, 0.29) is 12.5 Å². The highest BCUT2D eigenvalue weighted by Crippen LogP contribution is 2.43. The summed E-state index contributed by atoms with van der Waals surface area (Å²) in [4.78, 5) is 11.1. The Bertz CT molecular complexity index is 236. The Morgan fingerprint density at radius 3 is 2.60 bits per heavy atom. The quantitative estimate of drug-likeness (QED) is 0.470. The lowest BCUT2D eigenvalue weighted by molar-refractivity contribution is -0.148. The molecule has 5 nitrogen and oxygen atoms in total. The molecule has 0 bridgehead atoms. The van der Waals surface area contributed by atoms with E-state index >= 15 is 0 Å². The molecule has 0 saturated heterocycles. The first-order valence-electron chi connectivity index (χ1n) is 5.30. The van der Waals surface area contributed by atoms with Crippen molar-refractivity contribution in [1.82, 2.24) is 0 Å². The zero-order valence-electron chi connectivity index (χ0n) is 8.72. The van der Waals surface area contributed by atoms with Gasteiger partial charge in [-0.3, -0.25) is 4.79 Å². The van der Waals surface area contributed by atoms with Crippen molar-refractivity contribution in [2.24, 2.45) is 17.1 Å². The lowest BCUT2D eigenvalue weighted by atomic mass is 9.79. The first-order valence-corrected chi connectivity index (χ1v) is 5.30. The van der Waals surface area contributed by atoms with E-state index in [0.29, 0.717) is 25.6 Å². The first kappa shape index (κ1) is 12.5. The van der Waals surface area contributed by atoms with Crippen molar-refractivity contribution >= 4 is 13.1 Å². The van der Waals surface area contributed by atoms with Crippen molar-refractivity contribution in [3.8, 4) is 0 Å². The van der Waals surface area contributed by atoms with Gasteiger partial charge in [-0.1, -0.05) is 6.42 Å². The van der Waals surface area contributed by atoms with E-state index in [1.807, 2.05) is 0 Å². The molecule has 1 aliphatic rings. The number of carbonyl (C=O) groups is 1.